The Morgan fingerprint density at radius 3 is 2.29 bits per heavy atom. The fourth-order valence-electron chi connectivity index (χ4n) is 9.48. The molecule has 11 nitrogen and oxygen atoms in total. The molecule has 2 amide bonds. The van der Waals surface area contributed by atoms with Crippen LogP contribution >= 0.6 is 11.8 Å². The molecule has 13 heteroatoms. The van der Waals surface area contributed by atoms with Gasteiger partial charge in [0, 0.05) is 46.8 Å². The Bertz CT molecular complexity index is 1800. The van der Waals surface area contributed by atoms with E-state index in [1.807, 2.05) is 65.0 Å². The second kappa shape index (κ2) is 17.3. The number of β-amino-alcohol motifs (C(OH)–C–C–N with tert-alkyl or cyclic N) is 1. The highest BCUT2D eigenvalue weighted by molar-refractivity contribution is 7.99. The molecule has 1 aliphatic heterocycles. The van der Waals surface area contributed by atoms with Gasteiger partial charge in [-0.25, -0.2) is 0 Å². The molecule has 2 aromatic rings. The summed E-state index contributed by atoms with van der Waals surface area (Å²) in [6.45, 7) is 12.7. The Balaban J connectivity index is 0.000000321. The lowest BCUT2D eigenvalue weighted by molar-refractivity contribution is -0.132. The number of phenolic OH excluding ortho intramolecular Hbond substituents is 1. The number of fused-ring (bicyclic) bond motifs is 3. The number of phenols is 1. The molecule has 1 heterocycles. The maximum absolute atomic E-state index is 13.5. The number of aliphatic hydroxyl groups is 1. The zero-order valence-corrected chi connectivity index (χ0v) is 34.8. The Hall–Kier alpha value is -2.97. The van der Waals surface area contributed by atoms with Crippen LogP contribution in [0.15, 0.2) is 53.4 Å². The number of carbonyl (C=O) groups is 3. The third-order valence-electron chi connectivity index (χ3n) is 12.8. The molecule has 2 aromatic carbocycles. The smallest absolute Gasteiger partial charge is 0.265 e. The molecular formula is C42H61N3O8S2. The zero-order valence-electron chi connectivity index (χ0n) is 33.2. The van der Waals surface area contributed by atoms with Crippen molar-refractivity contribution < 1.29 is 37.6 Å². The number of amides is 2. The van der Waals surface area contributed by atoms with Crippen LogP contribution in [0.4, 0.5) is 0 Å². The average molecular weight is 800 g/mol. The first kappa shape index (κ1) is 43.2. The normalized spacial score (nSPS) is 27.3. The van der Waals surface area contributed by atoms with E-state index in [2.05, 4.69) is 15.5 Å². The number of benzene rings is 2. The topological polar surface area (TPSA) is 173 Å². The Morgan fingerprint density at radius 1 is 1.02 bits per heavy atom. The van der Waals surface area contributed by atoms with E-state index in [0.717, 1.165) is 37.1 Å². The average Bonchev–Trinajstić information content (AvgIpc) is 3.44. The molecule has 0 spiro atoms. The first-order valence-electron chi connectivity index (χ1n) is 19.7. The summed E-state index contributed by atoms with van der Waals surface area (Å²) in [5, 5.41) is 28.0. The van der Waals surface area contributed by atoms with Crippen LogP contribution in [0.1, 0.15) is 102 Å². The quantitative estimate of drug-likeness (QED) is 0.134. The lowest BCUT2D eigenvalue weighted by Gasteiger charge is -2.47. The number of hydrogen-bond donors (Lipinski definition) is 5. The summed E-state index contributed by atoms with van der Waals surface area (Å²) in [4.78, 5) is 41.9. The lowest BCUT2D eigenvalue weighted by atomic mass is 9.70. The van der Waals surface area contributed by atoms with Crippen molar-refractivity contribution in [2.45, 2.75) is 122 Å². The maximum atomic E-state index is 13.5. The largest absolute Gasteiger partial charge is 0.508 e. The number of Topliss-reactive ketones (excluding diaryl/α,β-unsaturated/α-hetero) is 1. The SMILES string of the molecule is CC1(C)C2CCC1(CS(=O)(=O)O)C(=O)C2.Cc1c(O)cccc1C(=O)N[C@@H](CSc1ccccc1)[C@H](O)CN1C[C@H]2CCCC[C@H]2C[C@H]1C(=O)NC(C)(C)C. The van der Waals surface area contributed by atoms with Crippen molar-refractivity contribution >= 4 is 39.5 Å². The highest BCUT2D eigenvalue weighted by atomic mass is 32.2. The maximum Gasteiger partial charge on any atom is 0.265 e. The highest BCUT2D eigenvalue weighted by Gasteiger charge is 2.65. The van der Waals surface area contributed by atoms with Crippen LogP contribution in [-0.4, -0.2) is 94.0 Å². The number of aliphatic hydroxyl groups excluding tert-OH is 1. The third kappa shape index (κ3) is 10.3. The molecule has 4 fully saturated rings. The number of nitrogens with zero attached hydrogens (tertiary/aromatic N) is 1. The minimum atomic E-state index is -4.08. The van der Waals surface area contributed by atoms with E-state index in [9.17, 15) is 33.0 Å². The summed E-state index contributed by atoms with van der Waals surface area (Å²) >= 11 is 1.57. The van der Waals surface area contributed by atoms with Gasteiger partial charge in [-0.3, -0.25) is 23.8 Å². The highest BCUT2D eigenvalue weighted by Crippen LogP contribution is 2.64. The van der Waals surface area contributed by atoms with E-state index in [-0.39, 0.29) is 46.3 Å². The van der Waals surface area contributed by atoms with Gasteiger partial charge in [0.25, 0.3) is 16.0 Å². The predicted molar refractivity (Wildman–Crippen MR) is 216 cm³/mol. The van der Waals surface area contributed by atoms with E-state index in [0.29, 0.717) is 48.1 Å². The van der Waals surface area contributed by atoms with Crippen LogP contribution in [0.25, 0.3) is 0 Å². The lowest BCUT2D eigenvalue weighted by Crippen LogP contribution is -2.60. The van der Waals surface area contributed by atoms with Gasteiger partial charge in [-0.05, 0) is 101 Å². The Kier molecular flexibility index (Phi) is 13.5. The molecular weight excluding hydrogens is 739 g/mol. The van der Waals surface area contributed by atoms with Gasteiger partial charge in [0.05, 0.1) is 29.4 Å². The van der Waals surface area contributed by atoms with Crippen LogP contribution in [-0.2, 0) is 19.7 Å². The fourth-order valence-corrected chi connectivity index (χ4v) is 11.8. The first-order valence-corrected chi connectivity index (χ1v) is 22.3. The third-order valence-corrected chi connectivity index (χ3v) is 14.8. The number of hydrogen-bond acceptors (Lipinski definition) is 9. The van der Waals surface area contributed by atoms with Gasteiger partial charge in [-0.2, -0.15) is 8.42 Å². The van der Waals surface area contributed by atoms with E-state index < -0.39 is 33.4 Å². The van der Waals surface area contributed by atoms with Crippen LogP contribution in [0, 0.1) is 35.5 Å². The summed E-state index contributed by atoms with van der Waals surface area (Å²) in [5.74, 6) is 1.17. The molecule has 304 valence electrons. The summed E-state index contributed by atoms with van der Waals surface area (Å²) in [6, 6.07) is 13.9. The first-order chi connectivity index (χ1) is 25.7. The molecule has 55 heavy (non-hydrogen) atoms. The van der Waals surface area contributed by atoms with Gasteiger partial charge < -0.3 is 20.8 Å². The van der Waals surface area contributed by atoms with Crippen molar-refractivity contribution in [2.75, 3.05) is 24.6 Å². The second-order valence-corrected chi connectivity index (χ2v) is 20.4. The summed E-state index contributed by atoms with van der Waals surface area (Å²) in [6.07, 6.45) is 6.64. The minimum Gasteiger partial charge on any atom is -0.508 e. The van der Waals surface area contributed by atoms with E-state index >= 15 is 0 Å². The predicted octanol–water partition coefficient (Wildman–Crippen LogP) is 6.02. The van der Waals surface area contributed by atoms with Gasteiger partial charge in [-0.15, -0.1) is 11.8 Å². The molecule has 7 atom stereocenters. The number of nitrogens with one attached hydrogen (secondary N) is 2. The Labute approximate surface area is 331 Å². The minimum absolute atomic E-state index is 0.0124. The number of likely N-dealkylation sites (tertiary alicyclic amines) is 1. The van der Waals surface area contributed by atoms with Gasteiger partial charge in [-0.1, -0.05) is 57.4 Å². The van der Waals surface area contributed by atoms with Gasteiger partial charge in [0.15, 0.2) is 0 Å². The molecule has 0 aromatic heterocycles. The summed E-state index contributed by atoms with van der Waals surface area (Å²) < 4.78 is 31.0. The van der Waals surface area contributed by atoms with Crippen LogP contribution < -0.4 is 10.6 Å². The molecule has 6 rings (SSSR count). The fraction of sp³-hybridized carbons (Fsp3) is 0.643. The zero-order chi connectivity index (χ0) is 40.3. The number of thioether (sulfide) groups is 1. The molecule has 1 saturated heterocycles. The Morgan fingerprint density at radius 2 is 1.69 bits per heavy atom. The van der Waals surface area contributed by atoms with E-state index in [1.54, 1.807) is 36.9 Å². The standard InChI is InChI=1S/C32H45N3O4S.C10H16O4S/c1-21-25(15-10-16-28(21)36)30(38)33-26(20-40-24-13-6-5-7-14-24)29(37)19-35-18-23-12-9-8-11-22(23)17-27(35)31(39)34-32(2,3)4;1-9(2)7-3-4-10(9,8(11)5-7)6-15(12,13)14/h5-7,10,13-16,22-23,26-27,29,36-37H,8-9,11-12,17-20H2,1-4H3,(H,33,38)(H,34,39);7H,3-6H2,1-2H3,(H,12,13,14)/t22-,23+,26-,27-,29+;/m0./s1. The van der Waals surface area contributed by atoms with Gasteiger partial charge in [0.2, 0.25) is 5.91 Å². The van der Waals surface area contributed by atoms with Crippen molar-refractivity contribution in [3.05, 3.63) is 59.7 Å². The number of rotatable bonds is 11. The summed E-state index contributed by atoms with van der Waals surface area (Å²) in [7, 11) is -4.08. The number of carbonyl (C=O) groups excluding carboxylic acids is 3. The van der Waals surface area contributed by atoms with Crippen molar-refractivity contribution in [1.29, 1.82) is 0 Å². The molecule has 3 aliphatic carbocycles. The van der Waals surface area contributed by atoms with Gasteiger partial charge in [0.1, 0.15) is 11.5 Å². The number of piperidine rings is 1. The number of aromatic hydroxyl groups is 1. The van der Waals surface area contributed by atoms with Gasteiger partial charge >= 0.3 is 0 Å². The van der Waals surface area contributed by atoms with Crippen molar-refractivity contribution in [2.24, 2.45) is 28.6 Å². The molecule has 3 saturated carbocycles. The van der Waals surface area contributed by atoms with Crippen LogP contribution in [0.2, 0.25) is 0 Å². The molecule has 4 aliphatic rings. The molecule has 2 bridgehead atoms. The van der Waals surface area contributed by atoms with Crippen molar-refractivity contribution in [1.82, 2.24) is 15.5 Å². The van der Waals surface area contributed by atoms with Crippen molar-refractivity contribution in [3.8, 4) is 5.75 Å². The van der Waals surface area contributed by atoms with E-state index in [1.165, 1.54) is 12.8 Å². The molecule has 5 N–H and O–H groups in total. The second-order valence-electron chi connectivity index (χ2n) is 17.9. The molecule has 2 unspecified atom stereocenters. The number of ketones is 1. The summed E-state index contributed by atoms with van der Waals surface area (Å²) in [5.41, 5.74) is -0.577. The van der Waals surface area contributed by atoms with Crippen molar-refractivity contribution in [3.63, 3.8) is 0 Å². The molecule has 0 radical (unpaired) electrons. The van der Waals surface area contributed by atoms with Crippen LogP contribution in [0.3, 0.4) is 0 Å². The van der Waals surface area contributed by atoms with Crippen LogP contribution in [0.5, 0.6) is 5.75 Å². The monoisotopic (exact) mass is 799 g/mol. The van der Waals surface area contributed by atoms with E-state index in [4.69, 9.17) is 4.55 Å².